The Bertz CT molecular complexity index is 494. The number of fused-ring (bicyclic) bond motifs is 1. The molecule has 0 amide bonds. The summed E-state index contributed by atoms with van der Waals surface area (Å²) in [5.74, 6) is 1.91. The molecule has 2 saturated carbocycles. The van der Waals surface area contributed by atoms with Crippen molar-refractivity contribution in [3.05, 3.63) is 22.7 Å². The molecule has 3 aliphatic rings. The van der Waals surface area contributed by atoms with Crippen LogP contribution in [0.2, 0.25) is 0 Å². The van der Waals surface area contributed by atoms with Gasteiger partial charge in [0.2, 0.25) is 0 Å². The number of rotatable bonds is 3. The molecule has 3 rings (SSSR count). The fraction of sp³-hybridized carbons (Fsp3) is 0.737. The van der Waals surface area contributed by atoms with Crippen LogP contribution < -0.4 is 0 Å². The lowest BCUT2D eigenvalue weighted by molar-refractivity contribution is -0.139. The maximum Gasteiger partial charge on any atom is 0.333 e. The van der Waals surface area contributed by atoms with E-state index in [9.17, 15) is 4.79 Å². The lowest BCUT2D eigenvalue weighted by Crippen LogP contribution is -2.36. The van der Waals surface area contributed by atoms with E-state index in [1.165, 1.54) is 32.1 Å². The highest BCUT2D eigenvalue weighted by Gasteiger charge is 2.51. The second-order valence-corrected chi connectivity index (χ2v) is 8.29. The monoisotopic (exact) mass is 366 g/mol. The Kier molecular flexibility index (Phi) is 4.55. The van der Waals surface area contributed by atoms with Gasteiger partial charge in [0, 0.05) is 12.0 Å². The van der Waals surface area contributed by atoms with E-state index in [-0.39, 0.29) is 12.1 Å². The summed E-state index contributed by atoms with van der Waals surface area (Å²) in [6.07, 6.45) is 8.32. The molecule has 0 spiro atoms. The number of hydrogen-bond donors (Lipinski definition) is 0. The Morgan fingerprint density at radius 2 is 2.27 bits per heavy atom. The van der Waals surface area contributed by atoms with Crippen LogP contribution in [0.25, 0.3) is 0 Å². The first-order valence-corrected chi connectivity index (χ1v) is 9.55. The van der Waals surface area contributed by atoms with E-state index < -0.39 is 0 Å². The zero-order chi connectivity index (χ0) is 15.9. The SMILES string of the molecule is C=C1C[C@@H](C[C@@H](C)[C@H]2CCC3/C(=C/Br)CCC[C@@]32C)OC1=O. The van der Waals surface area contributed by atoms with Crippen LogP contribution in [0.5, 0.6) is 0 Å². The predicted octanol–water partition coefficient (Wildman–Crippen LogP) is 5.38. The zero-order valence-electron chi connectivity index (χ0n) is 13.7. The van der Waals surface area contributed by atoms with Gasteiger partial charge in [0.05, 0.1) is 0 Å². The highest BCUT2D eigenvalue weighted by atomic mass is 79.9. The highest BCUT2D eigenvalue weighted by Crippen LogP contribution is 2.60. The predicted molar refractivity (Wildman–Crippen MR) is 92.6 cm³/mol. The lowest BCUT2D eigenvalue weighted by Gasteiger charge is -2.44. The number of allylic oxidation sites excluding steroid dienone is 1. The fourth-order valence-electron chi connectivity index (χ4n) is 5.49. The maximum absolute atomic E-state index is 11.5. The van der Waals surface area contributed by atoms with Crippen LogP contribution in [0.3, 0.4) is 0 Å². The van der Waals surface area contributed by atoms with Gasteiger partial charge in [-0.15, -0.1) is 0 Å². The smallest absolute Gasteiger partial charge is 0.333 e. The largest absolute Gasteiger partial charge is 0.459 e. The molecule has 0 radical (unpaired) electrons. The summed E-state index contributed by atoms with van der Waals surface area (Å²) in [7, 11) is 0. The normalized spacial score (nSPS) is 41.6. The number of carbonyl (C=O) groups excluding carboxylic acids is 1. The van der Waals surface area contributed by atoms with E-state index in [0.717, 1.165) is 24.7 Å². The molecule has 2 aliphatic carbocycles. The highest BCUT2D eigenvalue weighted by molar-refractivity contribution is 9.11. The zero-order valence-corrected chi connectivity index (χ0v) is 15.3. The van der Waals surface area contributed by atoms with Crippen molar-refractivity contribution < 1.29 is 9.53 Å². The Morgan fingerprint density at radius 1 is 1.50 bits per heavy atom. The molecule has 0 aromatic heterocycles. The molecule has 2 nitrogen and oxygen atoms in total. The van der Waals surface area contributed by atoms with Gasteiger partial charge in [-0.25, -0.2) is 4.79 Å². The topological polar surface area (TPSA) is 26.3 Å². The quantitative estimate of drug-likeness (QED) is 0.495. The van der Waals surface area contributed by atoms with E-state index in [2.05, 4.69) is 41.3 Å². The summed E-state index contributed by atoms with van der Waals surface area (Å²) in [6.45, 7) is 8.66. The van der Waals surface area contributed by atoms with Crippen molar-refractivity contribution in [2.24, 2.45) is 23.2 Å². The van der Waals surface area contributed by atoms with Crippen LogP contribution in [0, 0.1) is 23.2 Å². The van der Waals surface area contributed by atoms with Crippen LogP contribution in [-0.2, 0) is 9.53 Å². The summed E-state index contributed by atoms with van der Waals surface area (Å²) in [6, 6.07) is 0. The molecule has 5 atom stereocenters. The third-order valence-electron chi connectivity index (χ3n) is 6.54. The number of ether oxygens (including phenoxy) is 1. The van der Waals surface area contributed by atoms with Crippen LogP contribution in [0.4, 0.5) is 0 Å². The molecule has 122 valence electrons. The van der Waals surface area contributed by atoms with E-state index in [1.54, 1.807) is 5.57 Å². The summed E-state index contributed by atoms with van der Waals surface area (Å²) >= 11 is 3.58. The molecule has 1 saturated heterocycles. The molecule has 0 aromatic carbocycles. The van der Waals surface area contributed by atoms with Gasteiger partial charge in [0.15, 0.2) is 0 Å². The van der Waals surface area contributed by atoms with Crippen molar-refractivity contribution >= 4 is 21.9 Å². The first-order valence-electron chi connectivity index (χ1n) is 8.63. The Balaban J connectivity index is 1.69. The van der Waals surface area contributed by atoms with Crippen molar-refractivity contribution in [1.82, 2.24) is 0 Å². The summed E-state index contributed by atoms with van der Waals surface area (Å²) in [4.78, 5) is 13.7. The van der Waals surface area contributed by atoms with Gasteiger partial charge in [-0.05, 0) is 66.7 Å². The van der Waals surface area contributed by atoms with Crippen LogP contribution in [0.15, 0.2) is 22.7 Å². The number of esters is 1. The molecular weight excluding hydrogens is 340 g/mol. The third-order valence-corrected chi connectivity index (χ3v) is 7.12. The van der Waals surface area contributed by atoms with Crippen molar-refractivity contribution in [3.8, 4) is 0 Å². The Morgan fingerprint density at radius 3 is 2.91 bits per heavy atom. The Hall–Kier alpha value is -0.570. The summed E-state index contributed by atoms with van der Waals surface area (Å²) < 4.78 is 5.46. The molecule has 0 aromatic rings. The molecule has 3 fully saturated rings. The van der Waals surface area contributed by atoms with Crippen LogP contribution in [-0.4, -0.2) is 12.1 Å². The maximum atomic E-state index is 11.5. The number of halogens is 1. The van der Waals surface area contributed by atoms with Crippen LogP contribution >= 0.6 is 15.9 Å². The number of cyclic esters (lactones) is 1. The van der Waals surface area contributed by atoms with Gasteiger partial charge in [-0.1, -0.05) is 41.9 Å². The molecule has 1 unspecified atom stereocenters. The molecular formula is C19H27BrO2. The van der Waals surface area contributed by atoms with E-state index >= 15 is 0 Å². The summed E-state index contributed by atoms with van der Waals surface area (Å²) in [5, 5.41) is 0. The van der Waals surface area contributed by atoms with Gasteiger partial charge >= 0.3 is 5.97 Å². The first-order chi connectivity index (χ1) is 10.5. The van der Waals surface area contributed by atoms with Crippen LogP contribution in [0.1, 0.15) is 58.8 Å². The second-order valence-electron chi connectivity index (χ2n) is 7.83. The second kappa shape index (κ2) is 6.14. The standard InChI is InChI=1S/C19H27BrO2/c1-12(9-15-10-13(2)18(21)22-15)16-6-7-17-14(11-20)5-4-8-19(16,17)3/h11-12,15-17H,2,4-10H2,1,3H3/b14-11+/t12-,15-,16-,17?,19-/m1/s1. The van der Waals surface area contributed by atoms with Crippen molar-refractivity contribution in [2.75, 3.05) is 0 Å². The Labute approximate surface area is 142 Å². The molecule has 1 aliphatic heterocycles. The van der Waals surface area contributed by atoms with E-state index in [1.807, 2.05) is 0 Å². The fourth-order valence-corrected chi connectivity index (χ4v) is 6.04. The minimum absolute atomic E-state index is 0.0624. The van der Waals surface area contributed by atoms with Gasteiger partial charge in [0.25, 0.3) is 0 Å². The third kappa shape index (κ3) is 2.70. The van der Waals surface area contributed by atoms with Gasteiger partial charge in [-0.3, -0.25) is 0 Å². The van der Waals surface area contributed by atoms with Crippen molar-refractivity contribution in [3.63, 3.8) is 0 Å². The molecule has 0 N–H and O–H groups in total. The lowest BCUT2D eigenvalue weighted by atomic mass is 9.61. The number of carbonyl (C=O) groups is 1. The molecule has 3 heteroatoms. The van der Waals surface area contributed by atoms with E-state index in [4.69, 9.17) is 4.74 Å². The van der Waals surface area contributed by atoms with Crippen molar-refractivity contribution in [1.29, 1.82) is 0 Å². The van der Waals surface area contributed by atoms with Gasteiger partial charge in [-0.2, -0.15) is 0 Å². The van der Waals surface area contributed by atoms with Gasteiger partial charge < -0.3 is 4.74 Å². The molecule has 22 heavy (non-hydrogen) atoms. The van der Waals surface area contributed by atoms with E-state index in [0.29, 0.717) is 16.9 Å². The minimum atomic E-state index is -0.185. The number of hydrogen-bond acceptors (Lipinski definition) is 2. The van der Waals surface area contributed by atoms with Gasteiger partial charge in [0.1, 0.15) is 6.10 Å². The average molecular weight is 367 g/mol. The average Bonchev–Trinajstić information content (AvgIpc) is 2.98. The molecule has 1 heterocycles. The van der Waals surface area contributed by atoms with Crippen molar-refractivity contribution in [2.45, 2.75) is 64.9 Å². The first kappa shape index (κ1) is 16.3. The minimum Gasteiger partial charge on any atom is -0.459 e. The summed E-state index contributed by atoms with van der Waals surface area (Å²) in [5.41, 5.74) is 2.69. The molecule has 0 bridgehead atoms.